The molecule has 82 valence electrons. The molecule has 0 saturated carbocycles. The number of aromatic nitrogens is 2. The second-order valence-corrected chi connectivity index (χ2v) is 4.14. The Bertz CT molecular complexity index is 694. The lowest BCUT2D eigenvalue weighted by Crippen LogP contribution is -1.84. The summed E-state index contributed by atoms with van der Waals surface area (Å²) in [5.41, 5.74) is 1.50. The van der Waals surface area contributed by atoms with Crippen molar-refractivity contribution in [2.75, 3.05) is 0 Å². The number of furan rings is 1. The van der Waals surface area contributed by atoms with E-state index in [4.69, 9.17) is 9.68 Å². The van der Waals surface area contributed by atoms with Gasteiger partial charge >= 0.3 is 0 Å². The van der Waals surface area contributed by atoms with Gasteiger partial charge in [0.15, 0.2) is 5.76 Å². The molecule has 17 heavy (non-hydrogen) atoms. The molecule has 0 aliphatic carbocycles. The molecule has 3 heterocycles. The SMILES string of the molecule is N#CSc1c(-c2ccco2)nc2ccccn12. The van der Waals surface area contributed by atoms with Crippen LogP contribution in [0.4, 0.5) is 0 Å². The van der Waals surface area contributed by atoms with Crippen LogP contribution in [0.3, 0.4) is 0 Å². The van der Waals surface area contributed by atoms with E-state index in [1.54, 1.807) is 12.3 Å². The van der Waals surface area contributed by atoms with E-state index in [2.05, 4.69) is 10.4 Å². The first-order valence-corrected chi connectivity index (χ1v) is 5.78. The van der Waals surface area contributed by atoms with Crippen LogP contribution in [0.5, 0.6) is 0 Å². The third-order valence-corrected chi connectivity index (χ3v) is 3.06. The molecule has 0 aliphatic rings. The standard InChI is InChI=1S/C12H7N3OS/c13-8-17-12-11(9-4-3-7-16-9)14-10-5-1-2-6-15(10)12/h1-7H. The van der Waals surface area contributed by atoms with Crippen molar-refractivity contribution in [2.24, 2.45) is 0 Å². The minimum Gasteiger partial charge on any atom is -0.463 e. The van der Waals surface area contributed by atoms with Gasteiger partial charge in [0, 0.05) is 18.0 Å². The van der Waals surface area contributed by atoms with Crippen molar-refractivity contribution in [1.29, 1.82) is 5.26 Å². The molecule has 0 fully saturated rings. The highest BCUT2D eigenvalue weighted by atomic mass is 32.2. The van der Waals surface area contributed by atoms with Crippen molar-refractivity contribution in [3.05, 3.63) is 42.8 Å². The van der Waals surface area contributed by atoms with E-state index in [0.29, 0.717) is 11.5 Å². The van der Waals surface area contributed by atoms with Crippen molar-refractivity contribution < 1.29 is 4.42 Å². The molecule has 3 rings (SSSR count). The maximum absolute atomic E-state index is 8.86. The largest absolute Gasteiger partial charge is 0.463 e. The molecule has 0 atom stereocenters. The Morgan fingerprint density at radius 1 is 1.29 bits per heavy atom. The molecule has 0 amide bonds. The van der Waals surface area contributed by atoms with E-state index in [1.165, 1.54) is 0 Å². The molecule has 0 aromatic carbocycles. The second-order valence-electron chi connectivity index (χ2n) is 3.37. The van der Waals surface area contributed by atoms with Gasteiger partial charge in [0.1, 0.15) is 21.8 Å². The van der Waals surface area contributed by atoms with Gasteiger partial charge < -0.3 is 4.42 Å². The summed E-state index contributed by atoms with van der Waals surface area (Å²) in [4.78, 5) is 4.47. The van der Waals surface area contributed by atoms with Gasteiger partial charge in [-0.25, -0.2) is 4.98 Å². The van der Waals surface area contributed by atoms with Gasteiger partial charge in [-0.3, -0.25) is 4.40 Å². The van der Waals surface area contributed by atoms with Gasteiger partial charge in [-0.1, -0.05) is 6.07 Å². The van der Waals surface area contributed by atoms with E-state index in [0.717, 1.165) is 22.4 Å². The minimum absolute atomic E-state index is 0.673. The van der Waals surface area contributed by atoms with Crippen LogP contribution in [0.1, 0.15) is 0 Å². The van der Waals surface area contributed by atoms with Crippen molar-refractivity contribution >= 4 is 17.4 Å². The lowest BCUT2D eigenvalue weighted by molar-refractivity contribution is 0.579. The molecule has 5 heteroatoms. The molecule has 0 N–H and O–H groups in total. The number of thioether (sulfide) groups is 1. The van der Waals surface area contributed by atoms with Crippen LogP contribution >= 0.6 is 11.8 Å². The van der Waals surface area contributed by atoms with Crippen LogP contribution in [0, 0.1) is 10.7 Å². The Balaban J connectivity index is 2.31. The van der Waals surface area contributed by atoms with Gasteiger partial charge in [0.25, 0.3) is 0 Å². The molecule has 3 aromatic heterocycles. The molecule has 4 nitrogen and oxygen atoms in total. The summed E-state index contributed by atoms with van der Waals surface area (Å²) in [6, 6.07) is 9.36. The second kappa shape index (κ2) is 4.00. The number of fused-ring (bicyclic) bond motifs is 1. The van der Waals surface area contributed by atoms with E-state index in [9.17, 15) is 0 Å². The van der Waals surface area contributed by atoms with Crippen molar-refractivity contribution in [3.8, 4) is 16.9 Å². The Morgan fingerprint density at radius 2 is 2.24 bits per heavy atom. The summed E-state index contributed by atoms with van der Waals surface area (Å²) in [5, 5.41) is 11.7. The quantitative estimate of drug-likeness (QED) is 0.510. The average Bonchev–Trinajstić information content (AvgIpc) is 2.97. The molecule has 3 aromatic rings. The maximum atomic E-state index is 8.86. The highest BCUT2D eigenvalue weighted by Crippen LogP contribution is 2.31. The molecule has 0 aliphatic heterocycles. The molecule has 0 spiro atoms. The molecule has 0 bridgehead atoms. The van der Waals surface area contributed by atoms with Crippen molar-refractivity contribution in [2.45, 2.75) is 5.03 Å². The first-order valence-electron chi connectivity index (χ1n) is 4.97. The smallest absolute Gasteiger partial charge is 0.155 e. The minimum atomic E-state index is 0.673. The normalized spacial score (nSPS) is 10.5. The number of nitriles is 1. The number of imidazole rings is 1. The number of thiocyanates is 1. The average molecular weight is 241 g/mol. The predicted octanol–water partition coefficient (Wildman–Crippen LogP) is 3.17. The first kappa shape index (κ1) is 10.00. The predicted molar refractivity (Wildman–Crippen MR) is 64.4 cm³/mol. The van der Waals surface area contributed by atoms with Gasteiger partial charge in [0.2, 0.25) is 0 Å². The molecule has 0 saturated heterocycles. The summed E-state index contributed by atoms with van der Waals surface area (Å²) in [7, 11) is 0. The zero-order valence-corrected chi connectivity index (χ0v) is 9.52. The van der Waals surface area contributed by atoms with Crippen LogP contribution in [0.2, 0.25) is 0 Å². The third-order valence-electron chi connectivity index (χ3n) is 2.38. The van der Waals surface area contributed by atoms with Crippen LogP contribution in [-0.2, 0) is 0 Å². The number of pyridine rings is 1. The lowest BCUT2D eigenvalue weighted by Gasteiger charge is -1.96. The van der Waals surface area contributed by atoms with Crippen LogP contribution in [0.15, 0.2) is 52.2 Å². The van der Waals surface area contributed by atoms with Gasteiger partial charge in [-0.05, 0) is 24.3 Å². The maximum Gasteiger partial charge on any atom is 0.155 e. The highest BCUT2D eigenvalue weighted by molar-refractivity contribution is 8.03. The molecule has 0 radical (unpaired) electrons. The summed E-state index contributed by atoms with van der Waals surface area (Å²) >= 11 is 1.08. The van der Waals surface area contributed by atoms with Crippen LogP contribution in [0.25, 0.3) is 17.1 Å². The highest BCUT2D eigenvalue weighted by Gasteiger charge is 2.16. The summed E-state index contributed by atoms with van der Waals surface area (Å²) < 4.78 is 7.22. The summed E-state index contributed by atoms with van der Waals surface area (Å²) in [5.74, 6) is 0.673. The summed E-state index contributed by atoms with van der Waals surface area (Å²) in [6.45, 7) is 0. The Hall–Kier alpha value is -2.19. The van der Waals surface area contributed by atoms with Crippen LogP contribution in [-0.4, -0.2) is 9.38 Å². The fourth-order valence-corrected chi connectivity index (χ4v) is 2.27. The van der Waals surface area contributed by atoms with Crippen molar-refractivity contribution in [3.63, 3.8) is 0 Å². The van der Waals surface area contributed by atoms with Gasteiger partial charge in [0.05, 0.1) is 6.26 Å². The van der Waals surface area contributed by atoms with E-state index in [1.807, 2.05) is 34.9 Å². The third kappa shape index (κ3) is 1.59. The fourth-order valence-electron chi connectivity index (χ4n) is 1.69. The summed E-state index contributed by atoms with van der Waals surface area (Å²) in [6.07, 6.45) is 3.48. The number of hydrogen-bond donors (Lipinski definition) is 0. The van der Waals surface area contributed by atoms with E-state index in [-0.39, 0.29) is 0 Å². The Kier molecular flexibility index (Phi) is 2.35. The first-order chi connectivity index (χ1) is 8.40. The fraction of sp³-hybridized carbons (Fsp3) is 0. The lowest BCUT2D eigenvalue weighted by atomic mass is 10.3. The zero-order valence-electron chi connectivity index (χ0n) is 8.70. The van der Waals surface area contributed by atoms with Gasteiger partial charge in [-0.15, -0.1) is 0 Å². The topological polar surface area (TPSA) is 54.2 Å². The monoisotopic (exact) mass is 241 g/mol. The molecular weight excluding hydrogens is 234 g/mol. The molecular formula is C12H7N3OS. The van der Waals surface area contributed by atoms with Gasteiger partial charge in [-0.2, -0.15) is 5.26 Å². The molecule has 0 unspecified atom stereocenters. The zero-order chi connectivity index (χ0) is 11.7. The van der Waals surface area contributed by atoms with E-state index < -0.39 is 0 Å². The van der Waals surface area contributed by atoms with Crippen LogP contribution < -0.4 is 0 Å². The number of nitrogens with zero attached hydrogens (tertiary/aromatic N) is 3. The number of rotatable bonds is 2. The van der Waals surface area contributed by atoms with E-state index >= 15 is 0 Å². The Labute approximate surface area is 102 Å². The number of hydrogen-bond acceptors (Lipinski definition) is 4. The van der Waals surface area contributed by atoms with Crippen molar-refractivity contribution in [1.82, 2.24) is 9.38 Å². The Morgan fingerprint density at radius 3 is 3.00 bits per heavy atom.